The number of rotatable bonds is 6. The van der Waals surface area contributed by atoms with Gasteiger partial charge in [-0.3, -0.25) is 14.4 Å². The van der Waals surface area contributed by atoms with Crippen LogP contribution in [0.3, 0.4) is 0 Å². The van der Waals surface area contributed by atoms with E-state index in [4.69, 9.17) is 0 Å². The normalized spacial score (nSPS) is 15.5. The summed E-state index contributed by atoms with van der Waals surface area (Å²) in [6, 6.07) is 10.6. The minimum Gasteiger partial charge on any atom is -0.369 e. The van der Waals surface area contributed by atoms with Gasteiger partial charge < -0.3 is 10.2 Å². The molecule has 0 radical (unpaired) electrons. The number of hydrogen-bond acceptors (Lipinski definition) is 4. The zero-order chi connectivity index (χ0) is 16.8. The zero-order valence-corrected chi connectivity index (χ0v) is 14.2. The van der Waals surface area contributed by atoms with Gasteiger partial charge in [-0.2, -0.15) is 5.10 Å². The molecule has 0 spiro atoms. The Balaban J connectivity index is 1.33. The summed E-state index contributed by atoms with van der Waals surface area (Å²) in [4.78, 5) is 16.8. The van der Waals surface area contributed by atoms with Gasteiger partial charge in [0.1, 0.15) is 0 Å². The first-order chi connectivity index (χ1) is 11.7. The fourth-order valence-electron chi connectivity index (χ4n) is 3.01. The Morgan fingerprint density at radius 3 is 2.58 bits per heavy atom. The molecule has 1 aliphatic heterocycles. The quantitative estimate of drug-likeness (QED) is 0.814. The molecule has 1 saturated heterocycles. The van der Waals surface area contributed by atoms with Gasteiger partial charge in [0.05, 0.1) is 11.8 Å². The number of anilines is 1. The molecule has 6 nitrogen and oxygen atoms in total. The molecule has 0 atom stereocenters. The van der Waals surface area contributed by atoms with Crippen LogP contribution in [-0.2, 0) is 7.05 Å². The van der Waals surface area contributed by atoms with Crippen LogP contribution >= 0.6 is 0 Å². The third-order valence-electron chi connectivity index (χ3n) is 4.40. The van der Waals surface area contributed by atoms with Crippen molar-refractivity contribution in [1.82, 2.24) is 20.0 Å². The van der Waals surface area contributed by atoms with Crippen molar-refractivity contribution >= 4 is 11.6 Å². The molecule has 0 bridgehead atoms. The minimum atomic E-state index is -0.0444. The van der Waals surface area contributed by atoms with E-state index in [1.54, 1.807) is 17.1 Å². The Morgan fingerprint density at radius 1 is 1.17 bits per heavy atom. The summed E-state index contributed by atoms with van der Waals surface area (Å²) >= 11 is 0. The standard InChI is InChI=1S/C18H25N5O/c1-21-15-16(14-20-21)18(24)19-8-5-9-22-10-12-23(13-11-22)17-6-3-2-4-7-17/h2-4,6-7,14-15H,5,8-13H2,1H3,(H,19,24). The first kappa shape index (κ1) is 16.5. The van der Waals surface area contributed by atoms with Crippen molar-refractivity contribution < 1.29 is 4.79 Å². The van der Waals surface area contributed by atoms with E-state index in [2.05, 4.69) is 50.5 Å². The number of piperazine rings is 1. The molecular formula is C18H25N5O. The number of amides is 1. The van der Waals surface area contributed by atoms with Crippen molar-refractivity contribution in [1.29, 1.82) is 0 Å². The maximum atomic E-state index is 11.9. The van der Waals surface area contributed by atoms with E-state index in [0.717, 1.165) is 39.1 Å². The Morgan fingerprint density at radius 2 is 1.92 bits per heavy atom. The number of nitrogens with zero attached hydrogens (tertiary/aromatic N) is 4. The van der Waals surface area contributed by atoms with Gasteiger partial charge in [-0.05, 0) is 25.1 Å². The molecule has 1 fully saturated rings. The van der Waals surface area contributed by atoms with Gasteiger partial charge in [0.2, 0.25) is 0 Å². The Bertz CT molecular complexity index is 646. The molecule has 128 valence electrons. The van der Waals surface area contributed by atoms with E-state index in [0.29, 0.717) is 12.1 Å². The number of carbonyl (C=O) groups is 1. The number of carbonyl (C=O) groups excluding carboxylic acids is 1. The van der Waals surface area contributed by atoms with Crippen LogP contribution in [0.25, 0.3) is 0 Å². The first-order valence-electron chi connectivity index (χ1n) is 8.51. The van der Waals surface area contributed by atoms with E-state index >= 15 is 0 Å². The van der Waals surface area contributed by atoms with Crippen LogP contribution in [0.4, 0.5) is 5.69 Å². The number of hydrogen-bond donors (Lipinski definition) is 1. The van der Waals surface area contributed by atoms with Crippen molar-refractivity contribution in [3.63, 3.8) is 0 Å². The smallest absolute Gasteiger partial charge is 0.254 e. The van der Waals surface area contributed by atoms with Gasteiger partial charge in [0, 0.05) is 51.7 Å². The molecule has 24 heavy (non-hydrogen) atoms. The number of nitrogens with one attached hydrogen (secondary N) is 1. The van der Waals surface area contributed by atoms with E-state index < -0.39 is 0 Å². The molecule has 2 heterocycles. The predicted molar refractivity (Wildman–Crippen MR) is 95.3 cm³/mol. The first-order valence-corrected chi connectivity index (χ1v) is 8.51. The molecule has 0 saturated carbocycles. The molecule has 1 amide bonds. The highest BCUT2D eigenvalue weighted by Gasteiger charge is 2.16. The fraction of sp³-hybridized carbons (Fsp3) is 0.444. The SMILES string of the molecule is Cn1cc(C(=O)NCCCN2CCN(c3ccccc3)CC2)cn1. The lowest BCUT2D eigenvalue weighted by molar-refractivity contribution is 0.0951. The van der Waals surface area contributed by atoms with Gasteiger partial charge in [0.25, 0.3) is 5.91 Å². The predicted octanol–water partition coefficient (Wildman–Crippen LogP) is 1.36. The van der Waals surface area contributed by atoms with Crippen molar-refractivity contribution in [3.05, 3.63) is 48.3 Å². The summed E-state index contributed by atoms with van der Waals surface area (Å²) < 4.78 is 1.64. The highest BCUT2D eigenvalue weighted by Crippen LogP contribution is 2.15. The van der Waals surface area contributed by atoms with Crippen LogP contribution in [0.15, 0.2) is 42.7 Å². The van der Waals surface area contributed by atoms with Crippen LogP contribution in [-0.4, -0.2) is 59.9 Å². The van der Waals surface area contributed by atoms with Gasteiger partial charge in [0.15, 0.2) is 0 Å². The summed E-state index contributed by atoms with van der Waals surface area (Å²) in [6.07, 6.45) is 4.30. The third-order valence-corrected chi connectivity index (χ3v) is 4.40. The van der Waals surface area contributed by atoms with E-state index in [1.807, 2.05) is 7.05 Å². The van der Waals surface area contributed by atoms with Crippen LogP contribution in [0.2, 0.25) is 0 Å². The molecule has 6 heteroatoms. The van der Waals surface area contributed by atoms with Crippen molar-refractivity contribution in [2.75, 3.05) is 44.2 Å². The van der Waals surface area contributed by atoms with E-state index in [1.165, 1.54) is 5.69 Å². The van der Waals surface area contributed by atoms with E-state index in [9.17, 15) is 4.79 Å². The number of benzene rings is 1. The zero-order valence-electron chi connectivity index (χ0n) is 14.2. The second-order valence-electron chi connectivity index (χ2n) is 6.18. The Hall–Kier alpha value is -2.34. The maximum Gasteiger partial charge on any atom is 0.254 e. The Labute approximate surface area is 143 Å². The summed E-state index contributed by atoms with van der Waals surface area (Å²) in [6.45, 7) is 6.00. The van der Waals surface area contributed by atoms with Crippen LogP contribution < -0.4 is 10.2 Å². The van der Waals surface area contributed by atoms with Crippen LogP contribution in [0.1, 0.15) is 16.8 Å². The van der Waals surface area contributed by atoms with Crippen molar-refractivity contribution in [2.24, 2.45) is 7.05 Å². The van der Waals surface area contributed by atoms with Crippen LogP contribution in [0.5, 0.6) is 0 Å². The van der Waals surface area contributed by atoms with E-state index in [-0.39, 0.29) is 5.91 Å². The summed E-state index contributed by atoms with van der Waals surface area (Å²) in [5, 5.41) is 6.97. The summed E-state index contributed by atoms with van der Waals surface area (Å²) in [5.74, 6) is -0.0444. The molecule has 0 unspecified atom stereocenters. The lowest BCUT2D eigenvalue weighted by atomic mass is 10.2. The third kappa shape index (κ3) is 4.35. The highest BCUT2D eigenvalue weighted by molar-refractivity contribution is 5.93. The van der Waals surface area contributed by atoms with Crippen LogP contribution in [0, 0.1) is 0 Å². The van der Waals surface area contributed by atoms with Gasteiger partial charge in [-0.15, -0.1) is 0 Å². The average molecular weight is 327 g/mol. The van der Waals surface area contributed by atoms with Gasteiger partial charge in [-0.25, -0.2) is 0 Å². The summed E-state index contributed by atoms with van der Waals surface area (Å²) in [7, 11) is 1.81. The number of para-hydroxylation sites is 1. The number of aromatic nitrogens is 2. The molecule has 1 N–H and O–H groups in total. The summed E-state index contributed by atoms with van der Waals surface area (Å²) in [5.41, 5.74) is 1.93. The topological polar surface area (TPSA) is 53.4 Å². The molecule has 0 aliphatic carbocycles. The molecule has 1 aromatic heterocycles. The Kier molecular flexibility index (Phi) is 5.48. The van der Waals surface area contributed by atoms with Gasteiger partial charge in [-0.1, -0.05) is 18.2 Å². The maximum absolute atomic E-state index is 11.9. The lowest BCUT2D eigenvalue weighted by Crippen LogP contribution is -2.47. The second-order valence-corrected chi connectivity index (χ2v) is 6.18. The average Bonchev–Trinajstić information content (AvgIpc) is 3.06. The fourth-order valence-corrected chi connectivity index (χ4v) is 3.01. The van der Waals surface area contributed by atoms with Crippen molar-refractivity contribution in [3.8, 4) is 0 Å². The highest BCUT2D eigenvalue weighted by atomic mass is 16.1. The lowest BCUT2D eigenvalue weighted by Gasteiger charge is -2.36. The van der Waals surface area contributed by atoms with Gasteiger partial charge >= 0.3 is 0 Å². The molecule has 1 aliphatic rings. The minimum absolute atomic E-state index is 0.0444. The molecular weight excluding hydrogens is 302 g/mol. The number of aryl methyl sites for hydroxylation is 1. The monoisotopic (exact) mass is 327 g/mol. The molecule has 2 aromatic rings. The van der Waals surface area contributed by atoms with Crippen molar-refractivity contribution in [2.45, 2.75) is 6.42 Å². The second kappa shape index (κ2) is 7.97. The molecule has 3 rings (SSSR count). The molecule has 1 aromatic carbocycles. The largest absolute Gasteiger partial charge is 0.369 e.